The van der Waals surface area contributed by atoms with E-state index in [4.69, 9.17) is 10.2 Å². The molecule has 2 aromatic rings. The summed E-state index contributed by atoms with van der Waals surface area (Å²) in [5, 5.41) is 0.702. The summed E-state index contributed by atoms with van der Waals surface area (Å²) in [6.45, 7) is 2.24. The molecule has 0 aliphatic heterocycles. The second kappa shape index (κ2) is 5.92. The molecule has 2 heterocycles. The van der Waals surface area contributed by atoms with Gasteiger partial charge in [-0.2, -0.15) is 0 Å². The molecular formula is C15H15IN2O2S. The Labute approximate surface area is 140 Å². The summed E-state index contributed by atoms with van der Waals surface area (Å²) in [6, 6.07) is 3.73. The number of aliphatic imine (C=N–C) groups is 1. The van der Waals surface area contributed by atoms with Gasteiger partial charge in [0.1, 0.15) is 10.8 Å². The molecule has 1 unspecified atom stereocenters. The minimum absolute atomic E-state index is 0.386. The van der Waals surface area contributed by atoms with E-state index < -0.39 is 0 Å². The van der Waals surface area contributed by atoms with Crippen molar-refractivity contribution in [3.63, 3.8) is 0 Å². The Kier molecular flexibility index (Phi) is 4.17. The van der Waals surface area contributed by atoms with Crippen molar-refractivity contribution in [3.8, 4) is 0 Å². The number of halogens is 1. The molecule has 3 rings (SSSR count). The predicted octanol–water partition coefficient (Wildman–Crippen LogP) is 3.92. The monoisotopic (exact) mass is 414 g/mol. The van der Waals surface area contributed by atoms with Gasteiger partial charge in [-0.3, -0.25) is 4.79 Å². The lowest BCUT2D eigenvalue weighted by Crippen LogP contribution is -2.16. The van der Waals surface area contributed by atoms with Gasteiger partial charge in [0.2, 0.25) is 0 Å². The number of amides is 1. The number of nitrogens with zero attached hydrogens (tertiary/aromatic N) is 1. The predicted molar refractivity (Wildman–Crippen MR) is 92.7 cm³/mol. The van der Waals surface area contributed by atoms with Crippen LogP contribution in [0.25, 0.3) is 0 Å². The van der Waals surface area contributed by atoms with E-state index in [1.54, 1.807) is 17.6 Å². The van der Waals surface area contributed by atoms with Crippen molar-refractivity contribution in [1.29, 1.82) is 0 Å². The summed E-state index contributed by atoms with van der Waals surface area (Å²) < 4.78 is 6.26. The number of carbonyl (C=O) groups excluding carboxylic acids is 1. The topological polar surface area (TPSA) is 68.6 Å². The molecule has 0 saturated heterocycles. The van der Waals surface area contributed by atoms with E-state index in [1.165, 1.54) is 4.88 Å². The normalized spacial score (nSPS) is 18.1. The van der Waals surface area contributed by atoms with Crippen LogP contribution < -0.4 is 5.73 Å². The van der Waals surface area contributed by atoms with Crippen LogP contribution in [0.1, 0.15) is 39.9 Å². The van der Waals surface area contributed by atoms with Crippen molar-refractivity contribution in [2.45, 2.75) is 26.2 Å². The third-order valence-corrected chi connectivity index (χ3v) is 5.38. The molecule has 21 heavy (non-hydrogen) atoms. The van der Waals surface area contributed by atoms with Gasteiger partial charge in [-0.25, -0.2) is 4.99 Å². The Morgan fingerprint density at radius 1 is 1.57 bits per heavy atom. The zero-order chi connectivity index (χ0) is 15.0. The van der Waals surface area contributed by atoms with E-state index in [2.05, 4.69) is 34.5 Å². The summed E-state index contributed by atoms with van der Waals surface area (Å²) in [7, 11) is 0. The molecule has 1 aliphatic rings. The number of thiophene rings is 1. The van der Waals surface area contributed by atoms with Crippen molar-refractivity contribution in [1.82, 2.24) is 0 Å². The van der Waals surface area contributed by atoms with Crippen LogP contribution in [0.2, 0.25) is 0 Å². The van der Waals surface area contributed by atoms with Gasteiger partial charge in [-0.05, 0) is 65.5 Å². The first-order chi connectivity index (χ1) is 10.0. The van der Waals surface area contributed by atoms with Gasteiger partial charge in [0.05, 0.1) is 11.8 Å². The first-order valence-electron chi connectivity index (χ1n) is 6.78. The van der Waals surface area contributed by atoms with E-state index in [1.807, 2.05) is 12.1 Å². The highest BCUT2D eigenvalue weighted by atomic mass is 127. The van der Waals surface area contributed by atoms with Crippen molar-refractivity contribution in [2.75, 3.05) is 0 Å². The molecule has 2 aromatic heterocycles. The fourth-order valence-corrected chi connectivity index (χ4v) is 4.40. The summed E-state index contributed by atoms with van der Waals surface area (Å²) in [4.78, 5) is 17.5. The van der Waals surface area contributed by atoms with Crippen molar-refractivity contribution < 1.29 is 9.21 Å². The minimum Gasteiger partial charge on any atom is -0.449 e. The number of fused-ring (bicyclic) bond motifs is 1. The maximum Gasteiger partial charge on any atom is 0.252 e. The molecule has 4 nitrogen and oxygen atoms in total. The summed E-state index contributed by atoms with van der Waals surface area (Å²) >= 11 is 3.68. The van der Waals surface area contributed by atoms with Crippen LogP contribution in [-0.2, 0) is 12.8 Å². The highest BCUT2D eigenvalue weighted by molar-refractivity contribution is 14.1. The second-order valence-corrected chi connectivity index (χ2v) is 7.44. The molecule has 0 radical (unpaired) electrons. The Morgan fingerprint density at radius 2 is 2.38 bits per heavy atom. The van der Waals surface area contributed by atoms with Crippen LogP contribution >= 0.6 is 33.9 Å². The molecule has 6 heteroatoms. The van der Waals surface area contributed by atoms with E-state index in [9.17, 15) is 4.79 Å². The van der Waals surface area contributed by atoms with E-state index in [-0.39, 0.29) is 5.91 Å². The highest BCUT2D eigenvalue weighted by Gasteiger charge is 2.26. The Balaban J connectivity index is 1.98. The third kappa shape index (κ3) is 3.06. The van der Waals surface area contributed by atoms with Crippen molar-refractivity contribution >= 4 is 51.1 Å². The van der Waals surface area contributed by atoms with Crippen LogP contribution in [0, 0.1) is 9.68 Å². The van der Waals surface area contributed by atoms with Crippen LogP contribution in [0.5, 0.6) is 0 Å². The zero-order valence-corrected chi connectivity index (χ0v) is 14.5. The van der Waals surface area contributed by atoms with E-state index in [0.29, 0.717) is 22.2 Å². The Morgan fingerprint density at radius 3 is 3.05 bits per heavy atom. The maximum atomic E-state index is 11.8. The van der Waals surface area contributed by atoms with Crippen molar-refractivity contribution in [2.24, 2.45) is 16.6 Å². The lowest BCUT2D eigenvalue weighted by Gasteiger charge is -2.18. The Hall–Kier alpha value is -1.15. The molecular weight excluding hydrogens is 399 g/mol. The average molecular weight is 414 g/mol. The van der Waals surface area contributed by atoms with Crippen LogP contribution in [0.15, 0.2) is 21.5 Å². The molecule has 0 bridgehead atoms. The SMILES string of the molecule is CC1CCc2c(sc(N=Cc3ccc(I)o3)c2C(N)=O)C1. The number of hydrogen-bond donors (Lipinski definition) is 1. The second-order valence-electron chi connectivity index (χ2n) is 5.30. The maximum absolute atomic E-state index is 11.8. The molecule has 1 amide bonds. The first-order valence-corrected chi connectivity index (χ1v) is 8.68. The van der Waals surface area contributed by atoms with Gasteiger partial charge in [-0.1, -0.05) is 6.92 Å². The summed E-state index contributed by atoms with van der Waals surface area (Å²) in [6.07, 6.45) is 4.67. The molecule has 0 saturated carbocycles. The lowest BCUT2D eigenvalue weighted by molar-refractivity contribution is 0.1000. The largest absolute Gasteiger partial charge is 0.449 e. The number of nitrogens with two attached hydrogens (primary N) is 1. The van der Waals surface area contributed by atoms with Gasteiger partial charge in [0, 0.05) is 4.88 Å². The van der Waals surface area contributed by atoms with E-state index in [0.717, 1.165) is 28.6 Å². The zero-order valence-electron chi connectivity index (χ0n) is 11.6. The molecule has 2 N–H and O–H groups in total. The van der Waals surface area contributed by atoms with Crippen LogP contribution in [0.3, 0.4) is 0 Å². The summed E-state index contributed by atoms with van der Waals surface area (Å²) in [5.41, 5.74) is 7.26. The molecule has 0 fully saturated rings. The van der Waals surface area contributed by atoms with Crippen molar-refractivity contribution in [3.05, 3.63) is 37.7 Å². The number of hydrogen-bond acceptors (Lipinski definition) is 4. The number of primary amides is 1. The van der Waals surface area contributed by atoms with Gasteiger partial charge in [0.15, 0.2) is 3.77 Å². The fourth-order valence-electron chi connectivity index (χ4n) is 2.60. The molecule has 110 valence electrons. The molecule has 0 aromatic carbocycles. The Bertz CT molecular complexity index is 717. The minimum atomic E-state index is -0.386. The standard InChI is InChI=1S/C15H15IN2O2S/c1-8-2-4-10-11(6-8)21-15(13(10)14(17)19)18-7-9-3-5-12(16)20-9/h3,5,7-8H,2,4,6H2,1H3,(H2,17,19). The quantitative estimate of drug-likeness (QED) is 0.611. The third-order valence-electron chi connectivity index (χ3n) is 3.64. The van der Waals surface area contributed by atoms with Gasteiger partial charge >= 0.3 is 0 Å². The molecule has 1 aliphatic carbocycles. The number of rotatable bonds is 3. The summed E-state index contributed by atoms with van der Waals surface area (Å²) in [5.74, 6) is 0.943. The fraction of sp³-hybridized carbons (Fsp3) is 0.333. The number of carbonyl (C=O) groups is 1. The van der Waals surface area contributed by atoms with E-state index >= 15 is 0 Å². The van der Waals surface area contributed by atoms with Gasteiger partial charge in [0.25, 0.3) is 5.91 Å². The molecule has 1 atom stereocenters. The highest BCUT2D eigenvalue weighted by Crippen LogP contribution is 2.40. The van der Waals surface area contributed by atoms with Gasteiger partial charge < -0.3 is 10.2 Å². The average Bonchev–Trinajstić information content (AvgIpc) is 2.98. The number of furan rings is 1. The lowest BCUT2D eigenvalue weighted by atomic mass is 9.88. The van der Waals surface area contributed by atoms with Crippen LogP contribution in [0.4, 0.5) is 5.00 Å². The first kappa shape index (κ1) is 14.8. The molecule has 0 spiro atoms. The van der Waals surface area contributed by atoms with Gasteiger partial charge in [-0.15, -0.1) is 11.3 Å². The smallest absolute Gasteiger partial charge is 0.252 e. The van der Waals surface area contributed by atoms with Crippen LogP contribution in [-0.4, -0.2) is 12.1 Å².